The van der Waals surface area contributed by atoms with Crippen LogP contribution in [0.25, 0.3) is 0 Å². The number of ether oxygens (including phenoxy) is 1. The minimum absolute atomic E-state index is 0. The molecule has 3 N–H and O–H groups in total. The quantitative estimate of drug-likeness (QED) is 0.389. The van der Waals surface area contributed by atoms with Crippen molar-refractivity contribution in [2.45, 2.75) is 71.0 Å². The number of piperidine rings is 1. The number of nitrogens with two attached hydrogens (primary N) is 1. The molecule has 3 atom stereocenters. The maximum atomic E-state index is 13.8. The molecule has 2 amide bonds. The fourth-order valence-corrected chi connectivity index (χ4v) is 5.89. The van der Waals surface area contributed by atoms with Crippen LogP contribution < -0.4 is 11.1 Å². The van der Waals surface area contributed by atoms with Crippen molar-refractivity contribution in [3.05, 3.63) is 59.7 Å². The highest BCUT2D eigenvalue weighted by atomic mass is 35.5. The van der Waals surface area contributed by atoms with Gasteiger partial charge in [-0.3, -0.25) is 19.3 Å². The summed E-state index contributed by atoms with van der Waals surface area (Å²) >= 11 is 0. The highest BCUT2D eigenvalue weighted by Crippen LogP contribution is 2.39. The number of allylic oxidation sites excluding steroid dienone is 2. The predicted molar refractivity (Wildman–Crippen MR) is 163 cm³/mol. The minimum Gasteiger partial charge on any atom is -0.375 e. The highest BCUT2D eigenvalue weighted by molar-refractivity contribution is 6.13. The van der Waals surface area contributed by atoms with Gasteiger partial charge in [0.1, 0.15) is 5.41 Å². The molecular formula is C31H44ClN5O4. The van der Waals surface area contributed by atoms with Crippen molar-refractivity contribution in [1.82, 2.24) is 15.2 Å². The standard InChI is InChI=1S/C31H43N5O4.ClH/c1-5-26(25(33-28(38)30(3,4)32)20-40-19-23-13-10-14-24(37)17-23)35-16-15-27-31(21-35,29(39)36(6-2)34-27)18-22-11-8-7-9-12-22;/h7-13,17,25-26H,5-6,14-16,18-21,32H2,1-4H3,(H,33,38);1H/t25-,26?,31-;/m0./s1. The van der Waals surface area contributed by atoms with E-state index in [1.165, 1.54) is 0 Å². The minimum atomic E-state index is -1.06. The molecule has 9 nitrogen and oxygen atoms in total. The number of rotatable bonds is 12. The van der Waals surface area contributed by atoms with Crippen LogP contribution in [0.1, 0.15) is 52.5 Å². The van der Waals surface area contributed by atoms with Gasteiger partial charge in [0.15, 0.2) is 5.78 Å². The Hall–Kier alpha value is -2.85. The van der Waals surface area contributed by atoms with E-state index in [1.54, 1.807) is 24.9 Å². The van der Waals surface area contributed by atoms with Gasteiger partial charge < -0.3 is 15.8 Å². The summed E-state index contributed by atoms with van der Waals surface area (Å²) in [6, 6.07) is 9.63. The molecule has 1 fully saturated rings. The van der Waals surface area contributed by atoms with Gasteiger partial charge >= 0.3 is 0 Å². The molecule has 3 aliphatic rings. The molecule has 1 unspecified atom stereocenters. The lowest BCUT2D eigenvalue weighted by atomic mass is 9.72. The fourth-order valence-electron chi connectivity index (χ4n) is 5.89. The van der Waals surface area contributed by atoms with Gasteiger partial charge in [0.2, 0.25) is 5.91 Å². The van der Waals surface area contributed by atoms with E-state index in [0.717, 1.165) is 29.8 Å². The molecule has 4 rings (SSSR count). The molecule has 224 valence electrons. The monoisotopic (exact) mass is 585 g/mol. The molecule has 0 spiro atoms. The van der Waals surface area contributed by atoms with E-state index in [4.69, 9.17) is 15.6 Å². The van der Waals surface area contributed by atoms with E-state index in [2.05, 4.69) is 29.3 Å². The normalized spacial score (nSPS) is 22.4. The average molecular weight is 586 g/mol. The number of hydrogen-bond acceptors (Lipinski definition) is 7. The smallest absolute Gasteiger partial charge is 0.256 e. The summed E-state index contributed by atoms with van der Waals surface area (Å²) in [5.74, 6) is -0.174. The molecular weight excluding hydrogens is 542 g/mol. The Bertz CT molecular complexity index is 1190. The van der Waals surface area contributed by atoms with E-state index in [-0.39, 0.29) is 55.3 Å². The maximum absolute atomic E-state index is 13.8. The molecule has 10 heteroatoms. The maximum Gasteiger partial charge on any atom is 0.256 e. The second-order valence-corrected chi connectivity index (χ2v) is 11.6. The number of carbonyl (C=O) groups is 3. The first-order valence-corrected chi connectivity index (χ1v) is 14.3. The number of fused-ring (bicyclic) bond motifs is 1. The largest absolute Gasteiger partial charge is 0.375 e. The molecule has 1 aromatic rings. The van der Waals surface area contributed by atoms with E-state index < -0.39 is 11.0 Å². The summed E-state index contributed by atoms with van der Waals surface area (Å²) in [7, 11) is 0. The first-order valence-electron chi connectivity index (χ1n) is 14.3. The molecule has 0 radical (unpaired) electrons. The number of nitrogens with one attached hydrogen (secondary N) is 1. The van der Waals surface area contributed by atoms with E-state index in [0.29, 0.717) is 32.4 Å². The lowest BCUT2D eigenvalue weighted by Crippen LogP contribution is -2.63. The summed E-state index contributed by atoms with van der Waals surface area (Å²) in [4.78, 5) is 41.0. The Kier molecular flexibility index (Phi) is 11.1. The van der Waals surface area contributed by atoms with Crippen LogP contribution in [0.3, 0.4) is 0 Å². The summed E-state index contributed by atoms with van der Waals surface area (Å²) in [6.07, 6.45) is 7.74. The second kappa shape index (κ2) is 13.9. The Labute approximate surface area is 249 Å². The molecule has 0 bridgehead atoms. The summed E-state index contributed by atoms with van der Waals surface area (Å²) in [5, 5.41) is 9.50. The third-order valence-electron chi connectivity index (χ3n) is 8.01. The van der Waals surface area contributed by atoms with Crippen LogP contribution in [0.2, 0.25) is 0 Å². The first-order chi connectivity index (χ1) is 19.1. The Balaban J connectivity index is 0.00000462. The van der Waals surface area contributed by atoms with Crippen molar-refractivity contribution in [1.29, 1.82) is 0 Å². The van der Waals surface area contributed by atoms with Crippen molar-refractivity contribution in [3.8, 4) is 0 Å². The number of benzene rings is 1. The molecule has 1 aromatic carbocycles. The number of halogens is 1. The predicted octanol–water partition coefficient (Wildman–Crippen LogP) is 3.03. The van der Waals surface area contributed by atoms with Gasteiger partial charge in [-0.1, -0.05) is 49.4 Å². The summed E-state index contributed by atoms with van der Waals surface area (Å²) in [6.45, 7) is 9.68. The number of likely N-dealkylation sites (tertiary alicyclic amines) is 1. The fraction of sp³-hybridized carbons (Fsp3) is 0.548. The van der Waals surface area contributed by atoms with E-state index in [9.17, 15) is 14.4 Å². The van der Waals surface area contributed by atoms with Crippen LogP contribution in [0.4, 0.5) is 0 Å². The second-order valence-electron chi connectivity index (χ2n) is 11.6. The van der Waals surface area contributed by atoms with Crippen molar-refractivity contribution in [2.24, 2.45) is 16.3 Å². The molecule has 1 aliphatic carbocycles. The SMILES string of the molecule is CCC([C@H](COCC1=CC(=O)CC=C1)NC(=O)C(C)(C)N)N1CCC2=NN(CC)C(=O)[C@@]2(Cc2ccccc2)C1.Cl. The van der Waals surface area contributed by atoms with Crippen LogP contribution in [-0.4, -0.2) is 83.7 Å². The van der Waals surface area contributed by atoms with Crippen LogP contribution in [0.15, 0.2) is 59.2 Å². The Morgan fingerprint density at radius 3 is 2.59 bits per heavy atom. The number of nitrogens with zero attached hydrogens (tertiary/aromatic N) is 3. The van der Waals surface area contributed by atoms with E-state index >= 15 is 0 Å². The van der Waals surface area contributed by atoms with Gasteiger partial charge in [0, 0.05) is 38.5 Å². The van der Waals surface area contributed by atoms with Gasteiger partial charge in [0.25, 0.3) is 5.91 Å². The van der Waals surface area contributed by atoms with Crippen molar-refractivity contribution in [3.63, 3.8) is 0 Å². The highest BCUT2D eigenvalue weighted by Gasteiger charge is 2.54. The van der Waals surface area contributed by atoms with Gasteiger partial charge in [-0.2, -0.15) is 5.10 Å². The van der Waals surface area contributed by atoms with Crippen LogP contribution in [0.5, 0.6) is 0 Å². The third-order valence-corrected chi connectivity index (χ3v) is 8.01. The van der Waals surface area contributed by atoms with Gasteiger partial charge in [0.05, 0.1) is 30.5 Å². The van der Waals surface area contributed by atoms with Gasteiger partial charge in [-0.25, -0.2) is 5.01 Å². The van der Waals surface area contributed by atoms with Gasteiger partial charge in [-0.05, 0) is 50.8 Å². The number of hydrazone groups is 1. The summed E-state index contributed by atoms with van der Waals surface area (Å²) < 4.78 is 6.08. The number of carbonyl (C=O) groups excluding carboxylic acids is 3. The third kappa shape index (κ3) is 7.52. The van der Waals surface area contributed by atoms with Crippen LogP contribution >= 0.6 is 12.4 Å². The molecule has 0 aromatic heterocycles. The molecule has 2 aliphatic heterocycles. The van der Waals surface area contributed by atoms with Crippen LogP contribution in [-0.2, 0) is 25.5 Å². The average Bonchev–Trinajstić information content (AvgIpc) is 3.19. The number of ketones is 1. The van der Waals surface area contributed by atoms with Gasteiger partial charge in [-0.15, -0.1) is 12.4 Å². The Morgan fingerprint density at radius 2 is 1.95 bits per heavy atom. The lowest BCUT2D eigenvalue weighted by Gasteiger charge is -2.45. The van der Waals surface area contributed by atoms with E-state index in [1.807, 2.05) is 37.3 Å². The van der Waals surface area contributed by atoms with Crippen molar-refractivity contribution < 1.29 is 19.1 Å². The van der Waals surface area contributed by atoms with Crippen molar-refractivity contribution >= 4 is 35.7 Å². The molecule has 41 heavy (non-hydrogen) atoms. The zero-order valence-electron chi connectivity index (χ0n) is 24.6. The zero-order chi connectivity index (χ0) is 28.9. The lowest BCUT2D eigenvalue weighted by molar-refractivity contribution is -0.138. The zero-order valence-corrected chi connectivity index (χ0v) is 25.4. The van der Waals surface area contributed by atoms with Crippen molar-refractivity contribution in [2.75, 3.05) is 32.8 Å². The number of amides is 2. The summed E-state index contributed by atoms with van der Waals surface area (Å²) in [5.41, 5.74) is 7.19. The topological polar surface area (TPSA) is 117 Å². The molecule has 2 heterocycles. The van der Waals surface area contributed by atoms with Crippen LogP contribution in [0, 0.1) is 5.41 Å². The first kappa shape index (κ1) is 32.7. The Morgan fingerprint density at radius 1 is 1.22 bits per heavy atom. The molecule has 1 saturated heterocycles. The molecule has 0 saturated carbocycles. The number of hydrogen-bond donors (Lipinski definition) is 2.